The van der Waals surface area contributed by atoms with Gasteiger partial charge in [0.2, 0.25) is 5.69 Å². The first-order valence-corrected chi connectivity index (χ1v) is 24.2. The first-order chi connectivity index (χ1) is 26.3. The number of benzene rings is 4. The van der Waals surface area contributed by atoms with Crippen LogP contribution in [0.3, 0.4) is 0 Å². The average Bonchev–Trinajstić information content (AvgIpc) is 3.44. The lowest BCUT2D eigenvalue weighted by atomic mass is 9.79. The molecule has 0 spiro atoms. The topological polar surface area (TPSA) is 227 Å². The molecule has 0 fully saturated rings. The zero-order valence-electron chi connectivity index (χ0n) is 31.7. The number of allylic oxidation sites excluding steroid dienone is 4. The van der Waals surface area contributed by atoms with E-state index in [0.29, 0.717) is 47.5 Å². The number of hydrogen-bond donors (Lipinski definition) is 3. The van der Waals surface area contributed by atoms with Crippen LogP contribution in [0.2, 0.25) is 0 Å². The van der Waals surface area contributed by atoms with Crippen LogP contribution >= 0.6 is 0 Å². The van der Waals surface area contributed by atoms with Gasteiger partial charge in [0, 0.05) is 64.0 Å². The van der Waals surface area contributed by atoms with Gasteiger partial charge in [-0.2, -0.15) is 29.8 Å². The molecule has 2 heterocycles. The van der Waals surface area contributed by atoms with E-state index >= 15 is 0 Å². The normalized spacial score (nSPS) is 17.7. The summed E-state index contributed by atoms with van der Waals surface area (Å²) in [5.74, 6) is -0.948. The van der Waals surface area contributed by atoms with Crippen molar-refractivity contribution in [3.05, 3.63) is 95.7 Å². The van der Waals surface area contributed by atoms with Crippen molar-refractivity contribution >= 4 is 79.1 Å². The van der Waals surface area contributed by atoms with Gasteiger partial charge in [-0.05, 0) is 79.8 Å². The van der Waals surface area contributed by atoms with Gasteiger partial charge in [-0.3, -0.25) is 13.7 Å². The lowest BCUT2D eigenvalue weighted by molar-refractivity contribution is -0.438. The third kappa shape index (κ3) is 8.45. The van der Waals surface area contributed by atoms with Gasteiger partial charge >= 0.3 is 0 Å². The summed E-state index contributed by atoms with van der Waals surface area (Å²) < 4.78 is 138. The van der Waals surface area contributed by atoms with Crippen LogP contribution < -0.4 is 4.90 Å². The molecule has 4 aromatic rings. The van der Waals surface area contributed by atoms with Gasteiger partial charge in [0.25, 0.3) is 30.4 Å². The zero-order valence-corrected chi connectivity index (χ0v) is 35.0. The first-order valence-electron chi connectivity index (χ1n) is 18.1. The van der Waals surface area contributed by atoms with Crippen LogP contribution in [0.15, 0.2) is 94.4 Å². The summed E-state index contributed by atoms with van der Waals surface area (Å²) in [4.78, 5) is 1.53. The fourth-order valence-electron chi connectivity index (χ4n) is 8.45. The van der Waals surface area contributed by atoms with Crippen LogP contribution in [-0.2, 0) is 51.3 Å². The van der Waals surface area contributed by atoms with E-state index in [1.807, 2.05) is 55.4 Å². The summed E-state index contributed by atoms with van der Waals surface area (Å²) in [6.07, 6.45) is 6.68. The zero-order chi connectivity index (χ0) is 41.9. The minimum Gasteiger partial charge on any atom is -0.748 e. The Morgan fingerprint density at radius 3 is 1.79 bits per heavy atom. The Bertz CT molecular complexity index is 2860. The third-order valence-corrected chi connectivity index (χ3v) is 14.2. The molecule has 0 radical (unpaired) electrons. The highest BCUT2D eigenvalue weighted by molar-refractivity contribution is 7.86. The van der Waals surface area contributed by atoms with Crippen LogP contribution in [-0.4, -0.2) is 86.8 Å². The van der Waals surface area contributed by atoms with E-state index in [9.17, 15) is 51.9 Å². The summed E-state index contributed by atoms with van der Waals surface area (Å²) in [6.45, 7) is 8.55. The molecular formula is C39H44N2O12S4. The minimum atomic E-state index is -4.56. The smallest absolute Gasteiger partial charge is 0.295 e. The van der Waals surface area contributed by atoms with Crippen molar-refractivity contribution in [2.45, 2.75) is 74.0 Å². The highest BCUT2D eigenvalue weighted by Gasteiger charge is 2.46. The molecule has 14 nitrogen and oxygen atoms in total. The monoisotopic (exact) mass is 860 g/mol. The molecule has 6 rings (SSSR count). The molecule has 0 saturated carbocycles. The molecule has 0 aromatic heterocycles. The molecule has 4 aromatic carbocycles. The maximum absolute atomic E-state index is 12.4. The predicted octanol–water partition coefficient (Wildman–Crippen LogP) is 6.09. The summed E-state index contributed by atoms with van der Waals surface area (Å²) in [7, 11) is -17.7. The molecule has 306 valence electrons. The van der Waals surface area contributed by atoms with Crippen molar-refractivity contribution in [3.63, 3.8) is 0 Å². The van der Waals surface area contributed by atoms with Gasteiger partial charge in [-0.25, -0.2) is 8.42 Å². The third-order valence-electron chi connectivity index (χ3n) is 10.8. The number of rotatable bonds is 14. The van der Waals surface area contributed by atoms with E-state index in [4.69, 9.17) is 0 Å². The largest absolute Gasteiger partial charge is 0.748 e. The van der Waals surface area contributed by atoms with E-state index < -0.39 is 62.8 Å². The van der Waals surface area contributed by atoms with Crippen molar-refractivity contribution in [1.82, 2.24) is 0 Å². The van der Waals surface area contributed by atoms with Crippen molar-refractivity contribution in [1.29, 1.82) is 0 Å². The van der Waals surface area contributed by atoms with Crippen LogP contribution in [0.5, 0.6) is 0 Å². The lowest BCUT2D eigenvalue weighted by Gasteiger charge is -2.27. The van der Waals surface area contributed by atoms with E-state index in [-0.39, 0.29) is 22.6 Å². The SMILES string of the molecule is CC1(C)C(/C=C/C=C2\N(CCCCS(=O)(=O)[O-])c3ccc4c(S(=O)(=O)O)cccc4c3C2(C)C)=[N+](CCCCS(=O)(=O)O)c2ccc3c(S(=O)(=O)O)cccc3c21. The fourth-order valence-corrected chi connectivity index (χ4v) is 11.0. The van der Waals surface area contributed by atoms with E-state index in [0.717, 1.165) is 33.9 Å². The second-order valence-electron chi connectivity index (χ2n) is 15.4. The minimum absolute atomic E-state index is 0.117. The second-order valence-corrected chi connectivity index (χ2v) is 21.3. The van der Waals surface area contributed by atoms with Crippen LogP contribution in [0.4, 0.5) is 11.4 Å². The Hall–Kier alpha value is -4.01. The van der Waals surface area contributed by atoms with Crippen LogP contribution in [0, 0.1) is 0 Å². The number of nitrogens with zero attached hydrogens (tertiary/aromatic N) is 2. The number of fused-ring (bicyclic) bond motifs is 6. The fraction of sp³-hybridized carbons (Fsp3) is 0.359. The number of hydrogen-bond acceptors (Lipinski definition) is 10. The standard InChI is InChI=1S/C39H44N2O12S4/c1-38(2)34(40(22-5-7-24-54(42,43)44)30-20-18-26-28(36(30)38)12-9-14-32(26)56(48,49)50)16-11-17-35-39(3,4)37-29-13-10-15-33(57(51,52)53)27(29)19-21-31(37)41(35)23-6-8-25-55(45,46)47/h9-21H,5-8,22-25H2,1-4H3,(H3-,42,43,44,45,46,47,48,49,50,51,52,53). The van der Waals surface area contributed by atoms with Gasteiger partial charge in [0.1, 0.15) is 16.3 Å². The summed E-state index contributed by atoms with van der Waals surface area (Å²) in [5, 5.41) is 1.87. The highest BCUT2D eigenvalue weighted by Crippen LogP contribution is 2.52. The molecule has 0 aliphatic carbocycles. The predicted molar refractivity (Wildman–Crippen MR) is 217 cm³/mol. The van der Waals surface area contributed by atoms with Crippen molar-refractivity contribution in [2.75, 3.05) is 29.5 Å². The first kappa shape index (κ1) is 42.6. The van der Waals surface area contributed by atoms with Crippen LogP contribution in [0.1, 0.15) is 64.5 Å². The molecule has 2 aliphatic heterocycles. The highest BCUT2D eigenvalue weighted by atomic mass is 32.2. The molecule has 2 aliphatic rings. The van der Waals surface area contributed by atoms with Gasteiger partial charge < -0.3 is 9.45 Å². The van der Waals surface area contributed by atoms with E-state index in [2.05, 4.69) is 0 Å². The lowest BCUT2D eigenvalue weighted by Crippen LogP contribution is -2.28. The molecule has 0 atom stereocenters. The van der Waals surface area contributed by atoms with Gasteiger partial charge in [-0.15, -0.1) is 0 Å². The molecule has 0 bridgehead atoms. The molecule has 18 heteroatoms. The Morgan fingerprint density at radius 1 is 0.667 bits per heavy atom. The van der Waals surface area contributed by atoms with E-state index in [1.165, 1.54) is 12.1 Å². The van der Waals surface area contributed by atoms with Crippen molar-refractivity contribution < 1.29 is 56.5 Å². The molecule has 0 unspecified atom stereocenters. The maximum atomic E-state index is 12.4. The van der Waals surface area contributed by atoms with Crippen LogP contribution in [0.25, 0.3) is 21.5 Å². The average molecular weight is 861 g/mol. The van der Waals surface area contributed by atoms with Gasteiger partial charge in [-0.1, -0.05) is 50.3 Å². The Morgan fingerprint density at radius 2 is 1.23 bits per heavy atom. The van der Waals surface area contributed by atoms with Gasteiger partial charge in [0.15, 0.2) is 5.71 Å². The van der Waals surface area contributed by atoms with Crippen molar-refractivity contribution in [3.8, 4) is 0 Å². The Labute approximate surface area is 333 Å². The maximum Gasteiger partial charge on any atom is 0.295 e. The summed E-state index contributed by atoms with van der Waals surface area (Å²) >= 11 is 0. The molecule has 3 N–H and O–H groups in total. The van der Waals surface area contributed by atoms with Crippen molar-refractivity contribution in [2.24, 2.45) is 0 Å². The quantitative estimate of drug-likeness (QED) is 0.0742. The van der Waals surface area contributed by atoms with E-state index in [1.54, 1.807) is 48.5 Å². The number of anilines is 1. The Balaban J connectivity index is 1.48. The second kappa shape index (κ2) is 15.0. The summed E-state index contributed by atoms with van der Waals surface area (Å²) in [5.41, 5.74) is 3.11. The molecule has 0 amide bonds. The molecular weight excluding hydrogens is 817 g/mol. The number of unbranched alkanes of at least 4 members (excludes halogenated alkanes) is 2. The molecule has 0 saturated heterocycles. The van der Waals surface area contributed by atoms with Gasteiger partial charge in [0.05, 0.1) is 21.3 Å². The summed E-state index contributed by atoms with van der Waals surface area (Å²) in [6, 6.07) is 16.1. The molecule has 57 heavy (non-hydrogen) atoms. The Kier molecular flexibility index (Phi) is 11.2.